The van der Waals surface area contributed by atoms with E-state index < -0.39 is 5.97 Å². The average Bonchev–Trinajstić information content (AvgIpc) is 2.96. The zero-order valence-electron chi connectivity index (χ0n) is 12.6. The van der Waals surface area contributed by atoms with Gasteiger partial charge in [-0.05, 0) is 49.4 Å². The summed E-state index contributed by atoms with van der Waals surface area (Å²) in [5, 5.41) is 12.0. The topological polar surface area (TPSA) is 66.4 Å². The van der Waals surface area contributed by atoms with Crippen molar-refractivity contribution in [1.82, 2.24) is 5.32 Å². The van der Waals surface area contributed by atoms with E-state index in [0.29, 0.717) is 18.4 Å². The number of aliphatic carboxylic acids is 1. The summed E-state index contributed by atoms with van der Waals surface area (Å²) in [7, 11) is 0. The molecule has 0 heterocycles. The molecule has 2 saturated carbocycles. The third-order valence-corrected chi connectivity index (χ3v) is 4.91. The standard InChI is InChI=1S/C16H27NO3/c1-10(2)5-12(8-15(18)19)9-17-16(20)14-7-11-3-4-13(14)6-11/h10-14H,3-9H2,1-2H3,(H,17,20)(H,18,19)/t11?,12-,13?,14?/m0/s1. The second-order valence-electron chi connectivity index (χ2n) is 7.12. The van der Waals surface area contributed by atoms with Crippen molar-refractivity contribution in [2.75, 3.05) is 6.54 Å². The highest BCUT2D eigenvalue weighted by molar-refractivity contribution is 5.79. The Morgan fingerprint density at radius 1 is 1.25 bits per heavy atom. The van der Waals surface area contributed by atoms with Crippen molar-refractivity contribution in [1.29, 1.82) is 0 Å². The van der Waals surface area contributed by atoms with Crippen LogP contribution in [0.25, 0.3) is 0 Å². The first-order chi connectivity index (χ1) is 9.45. The number of hydrogen-bond donors (Lipinski definition) is 2. The highest BCUT2D eigenvalue weighted by atomic mass is 16.4. The molecule has 0 aromatic heterocycles. The first-order valence-electron chi connectivity index (χ1n) is 7.95. The lowest BCUT2D eigenvalue weighted by Crippen LogP contribution is -2.37. The minimum absolute atomic E-state index is 0.0510. The average molecular weight is 281 g/mol. The van der Waals surface area contributed by atoms with Crippen LogP contribution in [-0.4, -0.2) is 23.5 Å². The minimum Gasteiger partial charge on any atom is -0.481 e. The number of carbonyl (C=O) groups is 2. The van der Waals surface area contributed by atoms with E-state index in [1.807, 2.05) is 0 Å². The predicted octanol–water partition coefficient (Wildman–Crippen LogP) is 2.68. The third kappa shape index (κ3) is 3.97. The fourth-order valence-electron chi connectivity index (χ4n) is 4.09. The third-order valence-electron chi connectivity index (χ3n) is 4.91. The molecule has 20 heavy (non-hydrogen) atoms. The summed E-state index contributed by atoms with van der Waals surface area (Å²) >= 11 is 0. The van der Waals surface area contributed by atoms with Crippen LogP contribution in [0.5, 0.6) is 0 Å². The lowest BCUT2D eigenvalue weighted by Gasteiger charge is -2.23. The number of carbonyl (C=O) groups excluding carboxylic acids is 1. The first kappa shape index (κ1) is 15.3. The van der Waals surface area contributed by atoms with Crippen LogP contribution in [0.1, 0.15) is 52.4 Å². The van der Waals surface area contributed by atoms with Crippen LogP contribution >= 0.6 is 0 Å². The molecule has 0 spiro atoms. The summed E-state index contributed by atoms with van der Waals surface area (Å²) in [5.41, 5.74) is 0. The van der Waals surface area contributed by atoms with Crippen molar-refractivity contribution in [2.24, 2.45) is 29.6 Å². The van der Waals surface area contributed by atoms with Gasteiger partial charge < -0.3 is 10.4 Å². The Bertz CT molecular complexity index is 367. The van der Waals surface area contributed by atoms with Crippen LogP contribution in [0.4, 0.5) is 0 Å². The maximum Gasteiger partial charge on any atom is 0.303 e. The Kier molecular flexibility index (Phi) is 5.06. The number of rotatable bonds is 7. The van der Waals surface area contributed by atoms with Gasteiger partial charge in [-0.3, -0.25) is 9.59 Å². The van der Waals surface area contributed by atoms with Gasteiger partial charge >= 0.3 is 5.97 Å². The molecular formula is C16H27NO3. The lowest BCUT2D eigenvalue weighted by molar-refractivity contribution is -0.138. The van der Waals surface area contributed by atoms with Gasteiger partial charge in [0.05, 0.1) is 0 Å². The molecule has 2 aliphatic carbocycles. The van der Waals surface area contributed by atoms with E-state index in [9.17, 15) is 9.59 Å². The molecule has 3 unspecified atom stereocenters. The summed E-state index contributed by atoms with van der Waals surface area (Å²) in [6.45, 7) is 4.69. The van der Waals surface area contributed by atoms with Crippen LogP contribution < -0.4 is 5.32 Å². The van der Waals surface area contributed by atoms with Crippen LogP contribution in [0.3, 0.4) is 0 Å². The van der Waals surface area contributed by atoms with E-state index in [4.69, 9.17) is 5.11 Å². The highest BCUT2D eigenvalue weighted by Crippen LogP contribution is 2.48. The molecule has 0 aromatic rings. The number of hydrogen-bond acceptors (Lipinski definition) is 2. The van der Waals surface area contributed by atoms with Crippen LogP contribution in [-0.2, 0) is 9.59 Å². The molecule has 0 aromatic carbocycles. The second-order valence-corrected chi connectivity index (χ2v) is 7.12. The van der Waals surface area contributed by atoms with Gasteiger partial charge in [-0.25, -0.2) is 0 Å². The summed E-state index contributed by atoms with van der Waals surface area (Å²) in [4.78, 5) is 23.1. The molecule has 2 aliphatic rings. The summed E-state index contributed by atoms with van der Waals surface area (Å²) in [5.74, 6) is 1.44. The summed E-state index contributed by atoms with van der Waals surface area (Å²) in [6, 6.07) is 0. The zero-order chi connectivity index (χ0) is 14.7. The van der Waals surface area contributed by atoms with Gasteiger partial charge in [-0.1, -0.05) is 20.3 Å². The highest BCUT2D eigenvalue weighted by Gasteiger charge is 2.42. The van der Waals surface area contributed by atoms with Gasteiger partial charge in [-0.2, -0.15) is 0 Å². The van der Waals surface area contributed by atoms with E-state index >= 15 is 0 Å². The molecule has 1 amide bonds. The van der Waals surface area contributed by atoms with Crippen LogP contribution in [0, 0.1) is 29.6 Å². The predicted molar refractivity (Wildman–Crippen MR) is 77.1 cm³/mol. The van der Waals surface area contributed by atoms with E-state index in [1.54, 1.807) is 0 Å². The smallest absolute Gasteiger partial charge is 0.303 e. The number of nitrogens with one attached hydrogen (secondary N) is 1. The van der Waals surface area contributed by atoms with Crippen molar-refractivity contribution in [3.8, 4) is 0 Å². The Labute approximate surface area is 121 Å². The molecule has 4 atom stereocenters. The maximum absolute atomic E-state index is 12.3. The van der Waals surface area contributed by atoms with Crippen molar-refractivity contribution >= 4 is 11.9 Å². The molecule has 0 aliphatic heterocycles. The Morgan fingerprint density at radius 2 is 2.00 bits per heavy atom. The molecule has 2 N–H and O–H groups in total. The fraction of sp³-hybridized carbons (Fsp3) is 0.875. The zero-order valence-corrected chi connectivity index (χ0v) is 12.6. The fourth-order valence-corrected chi connectivity index (χ4v) is 4.09. The SMILES string of the molecule is CC(C)C[C@H](CNC(=O)C1CC2CCC1C2)CC(=O)O. The largest absolute Gasteiger partial charge is 0.481 e. The molecule has 0 radical (unpaired) electrons. The van der Waals surface area contributed by atoms with E-state index in [-0.39, 0.29) is 24.2 Å². The number of fused-ring (bicyclic) bond motifs is 2. The normalized spacial score (nSPS) is 29.6. The van der Waals surface area contributed by atoms with Crippen molar-refractivity contribution in [3.63, 3.8) is 0 Å². The summed E-state index contributed by atoms with van der Waals surface area (Å²) in [6.07, 6.45) is 5.77. The Balaban J connectivity index is 1.79. The van der Waals surface area contributed by atoms with Crippen LogP contribution in [0.2, 0.25) is 0 Å². The Morgan fingerprint density at radius 3 is 2.50 bits per heavy atom. The molecule has 0 saturated heterocycles. The maximum atomic E-state index is 12.3. The van der Waals surface area contributed by atoms with Gasteiger partial charge in [0, 0.05) is 18.9 Å². The minimum atomic E-state index is -0.773. The van der Waals surface area contributed by atoms with E-state index in [0.717, 1.165) is 18.8 Å². The van der Waals surface area contributed by atoms with Gasteiger partial charge in [0.2, 0.25) is 5.91 Å². The van der Waals surface area contributed by atoms with Gasteiger partial charge in [0.15, 0.2) is 0 Å². The molecule has 2 bridgehead atoms. The van der Waals surface area contributed by atoms with E-state index in [1.165, 1.54) is 19.3 Å². The van der Waals surface area contributed by atoms with Gasteiger partial charge in [-0.15, -0.1) is 0 Å². The molecular weight excluding hydrogens is 254 g/mol. The monoisotopic (exact) mass is 281 g/mol. The van der Waals surface area contributed by atoms with Crippen molar-refractivity contribution in [3.05, 3.63) is 0 Å². The van der Waals surface area contributed by atoms with Crippen molar-refractivity contribution < 1.29 is 14.7 Å². The van der Waals surface area contributed by atoms with Gasteiger partial charge in [0.1, 0.15) is 0 Å². The summed E-state index contributed by atoms with van der Waals surface area (Å²) < 4.78 is 0. The Hall–Kier alpha value is -1.06. The first-order valence-corrected chi connectivity index (χ1v) is 7.95. The molecule has 114 valence electrons. The van der Waals surface area contributed by atoms with Crippen molar-refractivity contribution in [2.45, 2.75) is 52.4 Å². The number of amides is 1. The molecule has 4 heteroatoms. The van der Waals surface area contributed by atoms with Gasteiger partial charge in [0.25, 0.3) is 0 Å². The lowest BCUT2D eigenvalue weighted by atomic mass is 9.87. The van der Waals surface area contributed by atoms with Crippen LogP contribution in [0.15, 0.2) is 0 Å². The number of carboxylic acid groups (broad SMARTS) is 1. The molecule has 2 fully saturated rings. The number of carboxylic acids is 1. The molecule has 2 rings (SSSR count). The van der Waals surface area contributed by atoms with E-state index in [2.05, 4.69) is 19.2 Å². The second kappa shape index (κ2) is 6.59. The molecule has 4 nitrogen and oxygen atoms in total. The quantitative estimate of drug-likeness (QED) is 0.754.